The highest BCUT2D eigenvalue weighted by molar-refractivity contribution is 7.09. The zero-order valence-corrected chi connectivity index (χ0v) is 14.7. The van der Waals surface area contributed by atoms with Crippen LogP contribution in [0.1, 0.15) is 41.2 Å². The number of amides is 1. The summed E-state index contributed by atoms with van der Waals surface area (Å²) in [5.41, 5.74) is 2.59. The monoisotopic (exact) mass is 340 g/mol. The summed E-state index contributed by atoms with van der Waals surface area (Å²) in [7, 11) is 0. The lowest BCUT2D eigenvalue weighted by molar-refractivity contribution is -0.123. The van der Waals surface area contributed by atoms with Gasteiger partial charge < -0.3 is 5.32 Å². The van der Waals surface area contributed by atoms with Gasteiger partial charge in [0, 0.05) is 30.6 Å². The first-order chi connectivity index (χ1) is 11.8. The van der Waals surface area contributed by atoms with Crippen LogP contribution in [0.2, 0.25) is 0 Å². The fraction of sp³-hybridized carbons (Fsp3) is 0.450. The van der Waals surface area contributed by atoms with Crippen molar-refractivity contribution in [1.29, 1.82) is 0 Å². The number of rotatable bonds is 4. The van der Waals surface area contributed by atoms with Crippen molar-refractivity contribution < 1.29 is 4.79 Å². The number of carbonyl (C=O) groups excluding carboxylic acids is 1. The molecule has 0 spiro atoms. The van der Waals surface area contributed by atoms with E-state index in [4.69, 9.17) is 0 Å². The number of carbonyl (C=O) groups is 1. The quantitative estimate of drug-likeness (QED) is 0.923. The van der Waals surface area contributed by atoms with Crippen LogP contribution in [0, 0.1) is 0 Å². The maximum atomic E-state index is 12.7. The molecule has 0 bridgehead atoms. The molecule has 1 aromatic heterocycles. The molecule has 3 nitrogen and oxygen atoms in total. The topological polar surface area (TPSA) is 32.3 Å². The highest BCUT2D eigenvalue weighted by Gasteiger charge is 2.30. The third kappa shape index (κ3) is 3.40. The second-order valence-corrected chi connectivity index (χ2v) is 7.96. The Kier molecular flexibility index (Phi) is 4.67. The van der Waals surface area contributed by atoms with Gasteiger partial charge in [0.25, 0.3) is 0 Å². The summed E-state index contributed by atoms with van der Waals surface area (Å²) in [4.78, 5) is 16.6. The highest BCUT2D eigenvalue weighted by Crippen LogP contribution is 2.33. The van der Waals surface area contributed by atoms with Gasteiger partial charge in [0.2, 0.25) is 5.91 Å². The number of likely N-dealkylation sites (tertiary alicyclic amines) is 1. The van der Waals surface area contributed by atoms with Crippen LogP contribution >= 0.6 is 11.3 Å². The van der Waals surface area contributed by atoms with E-state index in [1.165, 1.54) is 16.0 Å². The third-order valence-electron chi connectivity index (χ3n) is 5.34. The van der Waals surface area contributed by atoms with Crippen molar-refractivity contribution in [1.82, 2.24) is 10.2 Å². The lowest BCUT2D eigenvalue weighted by atomic mass is 9.98. The van der Waals surface area contributed by atoms with E-state index in [0.717, 1.165) is 45.3 Å². The number of nitrogens with one attached hydrogen (secondary N) is 1. The molecule has 4 rings (SSSR count). The van der Waals surface area contributed by atoms with E-state index in [1.54, 1.807) is 0 Å². The molecule has 2 aromatic rings. The minimum atomic E-state index is 0.0605. The summed E-state index contributed by atoms with van der Waals surface area (Å²) >= 11 is 1.83. The molecule has 1 N–H and O–H groups in total. The average molecular weight is 340 g/mol. The van der Waals surface area contributed by atoms with E-state index < -0.39 is 0 Å². The Balaban J connectivity index is 1.29. The number of thiophene rings is 1. The highest BCUT2D eigenvalue weighted by atomic mass is 32.1. The van der Waals surface area contributed by atoms with E-state index in [0.29, 0.717) is 6.04 Å². The maximum Gasteiger partial charge on any atom is 0.227 e. The Labute approximate surface area is 147 Å². The van der Waals surface area contributed by atoms with Crippen LogP contribution in [0.15, 0.2) is 41.8 Å². The van der Waals surface area contributed by atoms with Gasteiger partial charge in [0.05, 0.1) is 5.92 Å². The van der Waals surface area contributed by atoms with E-state index in [1.807, 2.05) is 17.4 Å². The van der Waals surface area contributed by atoms with Crippen LogP contribution < -0.4 is 5.32 Å². The fourth-order valence-electron chi connectivity index (χ4n) is 3.99. The lowest BCUT2D eigenvalue weighted by Gasteiger charge is -2.32. The minimum absolute atomic E-state index is 0.0605. The van der Waals surface area contributed by atoms with Crippen LogP contribution in [-0.4, -0.2) is 29.9 Å². The molecule has 126 valence electrons. The predicted octanol–water partition coefficient (Wildman–Crippen LogP) is 3.56. The molecule has 1 unspecified atom stereocenters. The van der Waals surface area contributed by atoms with Crippen molar-refractivity contribution in [2.45, 2.75) is 44.2 Å². The SMILES string of the molecule is O=C(NC1CCN(Cc2cccs2)CC1)C1CCc2ccccc21. The summed E-state index contributed by atoms with van der Waals surface area (Å²) < 4.78 is 0. The Morgan fingerprint density at radius 2 is 1.96 bits per heavy atom. The molecule has 2 heterocycles. The molecule has 1 aromatic carbocycles. The molecule has 4 heteroatoms. The predicted molar refractivity (Wildman–Crippen MR) is 98.3 cm³/mol. The molecular weight excluding hydrogens is 316 g/mol. The Bertz CT molecular complexity index is 689. The number of hydrogen-bond donors (Lipinski definition) is 1. The molecular formula is C20H24N2OS. The van der Waals surface area contributed by atoms with Gasteiger partial charge in [-0.25, -0.2) is 0 Å². The van der Waals surface area contributed by atoms with E-state index in [-0.39, 0.29) is 11.8 Å². The number of piperidine rings is 1. The Morgan fingerprint density at radius 1 is 1.12 bits per heavy atom. The average Bonchev–Trinajstić information content (AvgIpc) is 3.26. The van der Waals surface area contributed by atoms with Crippen molar-refractivity contribution in [3.8, 4) is 0 Å². The second kappa shape index (κ2) is 7.08. The van der Waals surface area contributed by atoms with Crippen LogP contribution in [0.5, 0.6) is 0 Å². The molecule has 1 fully saturated rings. The van der Waals surface area contributed by atoms with Gasteiger partial charge in [0.1, 0.15) is 0 Å². The fourth-order valence-corrected chi connectivity index (χ4v) is 4.74. The Hall–Kier alpha value is -1.65. The van der Waals surface area contributed by atoms with Crippen LogP contribution in [-0.2, 0) is 17.8 Å². The molecule has 0 saturated carbocycles. The largest absolute Gasteiger partial charge is 0.353 e. The smallest absolute Gasteiger partial charge is 0.227 e. The van der Waals surface area contributed by atoms with Crippen molar-refractivity contribution in [2.75, 3.05) is 13.1 Å². The third-order valence-corrected chi connectivity index (χ3v) is 6.20. The van der Waals surface area contributed by atoms with Crippen molar-refractivity contribution in [3.05, 3.63) is 57.8 Å². The van der Waals surface area contributed by atoms with Gasteiger partial charge in [-0.3, -0.25) is 9.69 Å². The number of hydrogen-bond acceptors (Lipinski definition) is 3. The number of fused-ring (bicyclic) bond motifs is 1. The van der Waals surface area contributed by atoms with Gasteiger partial charge in [-0.15, -0.1) is 11.3 Å². The first-order valence-electron chi connectivity index (χ1n) is 8.92. The molecule has 1 atom stereocenters. The van der Waals surface area contributed by atoms with Gasteiger partial charge in [-0.05, 0) is 48.3 Å². The first-order valence-corrected chi connectivity index (χ1v) is 9.80. The van der Waals surface area contributed by atoms with Crippen molar-refractivity contribution in [2.24, 2.45) is 0 Å². The summed E-state index contributed by atoms with van der Waals surface area (Å²) in [5.74, 6) is 0.294. The van der Waals surface area contributed by atoms with Gasteiger partial charge in [-0.2, -0.15) is 0 Å². The molecule has 1 aliphatic carbocycles. The van der Waals surface area contributed by atoms with Gasteiger partial charge >= 0.3 is 0 Å². The van der Waals surface area contributed by atoms with Gasteiger partial charge in [-0.1, -0.05) is 30.3 Å². The summed E-state index contributed by atoms with van der Waals surface area (Å²) in [6.07, 6.45) is 4.12. The number of nitrogens with zero attached hydrogens (tertiary/aromatic N) is 1. The molecule has 1 aliphatic heterocycles. The molecule has 1 saturated heterocycles. The normalized spacial score (nSPS) is 21.6. The van der Waals surface area contributed by atoms with Gasteiger partial charge in [0.15, 0.2) is 0 Å². The standard InChI is InChI=1S/C20H24N2OS/c23-20(19-8-7-15-4-1-2-6-18(15)19)21-16-9-11-22(12-10-16)14-17-5-3-13-24-17/h1-6,13,16,19H,7-12,14H2,(H,21,23). The first kappa shape index (κ1) is 15.9. The van der Waals surface area contributed by atoms with Crippen LogP contribution in [0.4, 0.5) is 0 Å². The van der Waals surface area contributed by atoms with Crippen LogP contribution in [0.3, 0.4) is 0 Å². The minimum Gasteiger partial charge on any atom is -0.353 e. The summed E-state index contributed by atoms with van der Waals surface area (Å²) in [6, 6.07) is 13.1. The van der Waals surface area contributed by atoms with Crippen molar-refractivity contribution in [3.63, 3.8) is 0 Å². The summed E-state index contributed by atoms with van der Waals surface area (Å²) in [5, 5.41) is 5.46. The Morgan fingerprint density at radius 3 is 2.75 bits per heavy atom. The maximum absolute atomic E-state index is 12.7. The zero-order valence-electron chi connectivity index (χ0n) is 13.9. The van der Waals surface area contributed by atoms with E-state index in [9.17, 15) is 4.79 Å². The molecule has 0 radical (unpaired) electrons. The molecule has 1 amide bonds. The zero-order chi connectivity index (χ0) is 16.4. The lowest BCUT2D eigenvalue weighted by Crippen LogP contribution is -2.45. The molecule has 24 heavy (non-hydrogen) atoms. The van der Waals surface area contributed by atoms with E-state index >= 15 is 0 Å². The van der Waals surface area contributed by atoms with Crippen molar-refractivity contribution >= 4 is 17.2 Å². The number of benzene rings is 1. The second-order valence-electron chi connectivity index (χ2n) is 6.93. The summed E-state index contributed by atoms with van der Waals surface area (Å²) in [6.45, 7) is 3.20. The molecule has 2 aliphatic rings. The van der Waals surface area contributed by atoms with E-state index in [2.05, 4.69) is 45.9 Å². The van der Waals surface area contributed by atoms with Crippen LogP contribution in [0.25, 0.3) is 0 Å². The number of aryl methyl sites for hydroxylation is 1.